The second-order valence-corrected chi connectivity index (χ2v) is 9.68. The number of nitrogens with zero attached hydrogens (tertiary/aromatic N) is 3. The number of thioether (sulfide) groups is 1. The van der Waals surface area contributed by atoms with Crippen molar-refractivity contribution in [2.75, 3.05) is 51.3 Å². The van der Waals surface area contributed by atoms with E-state index >= 15 is 0 Å². The van der Waals surface area contributed by atoms with Gasteiger partial charge in [-0.15, -0.1) is 24.0 Å². The fourth-order valence-corrected chi connectivity index (χ4v) is 6.36. The minimum Gasteiger partial charge on any atom is -0.354 e. The van der Waals surface area contributed by atoms with E-state index in [-0.39, 0.29) is 24.0 Å². The molecule has 0 amide bonds. The molecule has 2 aliphatic heterocycles. The van der Waals surface area contributed by atoms with Gasteiger partial charge in [0.15, 0.2) is 5.96 Å². The van der Waals surface area contributed by atoms with Crippen LogP contribution < -0.4 is 5.32 Å². The van der Waals surface area contributed by atoms with Crippen molar-refractivity contribution in [2.45, 2.75) is 56.9 Å². The maximum absolute atomic E-state index is 4.64. The van der Waals surface area contributed by atoms with Gasteiger partial charge in [0.05, 0.1) is 0 Å². The number of halogens is 1. The van der Waals surface area contributed by atoms with Crippen molar-refractivity contribution >= 4 is 41.7 Å². The Balaban J connectivity index is 0.00000182. The SMILES string of the molecule is CN=C(NCC1(N2CCSCC2)CCCC1)N1CCC2(CCC2)C1.I. The molecule has 0 radical (unpaired) electrons. The summed E-state index contributed by atoms with van der Waals surface area (Å²) in [5.41, 5.74) is 1.04. The predicted molar refractivity (Wildman–Crippen MR) is 119 cm³/mol. The number of aliphatic imine (C=N–C) groups is 1. The van der Waals surface area contributed by atoms with E-state index in [4.69, 9.17) is 0 Å². The van der Waals surface area contributed by atoms with Crippen LogP contribution in [0.2, 0.25) is 0 Å². The molecule has 2 aliphatic carbocycles. The third kappa shape index (κ3) is 4.10. The molecule has 2 saturated carbocycles. The predicted octanol–water partition coefficient (Wildman–Crippen LogP) is 3.42. The number of guanidine groups is 1. The summed E-state index contributed by atoms with van der Waals surface area (Å²) in [5.74, 6) is 3.78. The van der Waals surface area contributed by atoms with E-state index < -0.39 is 0 Å². The highest BCUT2D eigenvalue weighted by Gasteiger charge is 2.44. The van der Waals surface area contributed by atoms with Crippen LogP contribution in [0.25, 0.3) is 0 Å². The van der Waals surface area contributed by atoms with Gasteiger partial charge < -0.3 is 10.2 Å². The third-order valence-electron chi connectivity index (χ3n) is 7.16. The second kappa shape index (κ2) is 8.55. The minimum atomic E-state index is 0. The smallest absolute Gasteiger partial charge is 0.193 e. The van der Waals surface area contributed by atoms with Crippen LogP contribution in [0.1, 0.15) is 51.4 Å². The van der Waals surface area contributed by atoms with E-state index in [1.807, 2.05) is 7.05 Å². The highest BCUT2D eigenvalue weighted by molar-refractivity contribution is 14.0. The van der Waals surface area contributed by atoms with E-state index in [0.717, 1.165) is 12.5 Å². The normalized spacial score (nSPS) is 28.7. The van der Waals surface area contributed by atoms with Crippen LogP contribution in [0.15, 0.2) is 4.99 Å². The van der Waals surface area contributed by atoms with Crippen LogP contribution >= 0.6 is 35.7 Å². The summed E-state index contributed by atoms with van der Waals surface area (Å²) in [4.78, 5) is 9.98. The summed E-state index contributed by atoms with van der Waals surface area (Å²) in [6, 6.07) is 0. The maximum atomic E-state index is 4.64. The van der Waals surface area contributed by atoms with Crippen molar-refractivity contribution < 1.29 is 0 Å². The Kier molecular flexibility index (Phi) is 6.86. The zero-order valence-electron chi connectivity index (χ0n) is 15.8. The molecule has 4 aliphatic rings. The molecule has 4 nitrogen and oxygen atoms in total. The minimum absolute atomic E-state index is 0. The zero-order valence-corrected chi connectivity index (χ0v) is 18.9. The first-order valence-electron chi connectivity index (χ1n) is 10.0. The first kappa shape index (κ1) is 20.1. The summed E-state index contributed by atoms with van der Waals surface area (Å²) in [6.07, 6.45) is 11.2. The molecule has 0 aromatic rings. The molecule has 25 heavy (non-hydrogen) atoms. The molecule has 0 bridgehead atoms. The van der Waals surface area contributed by atoms with Gasteiger partial charge >= 0.3 is 0 Å². The van der Waals surface area contributed by atoms with Gasteiger partial charge in [0, 0.05) is 56.8 Å². The largest absolute Gasteiger partial charge is 0.354 e. The Morgan fingerprint density at radius 1 is 1.00 bits per heavy atom. The van der Waals surface area contributed by atoms with Crippen molar-refractivity contribution in [3.8, 4) is 0 Å². The maximum Gasteiger partial charge on any atom is 0.193 e. The molecule has 6 heteroatoms. The Hall–Kier alpha value is 0.310. The molecular formula is C19H35IN4S. The quantitative estimate of drug-likeness (QED) is 0.383. The summed E-state index contributed by atoms with van der Waals surface area (Å²) in [7, 11) is 1.97. The van der Waals surface area contributed by atoms with Gasteiger partial charge in [0.1, 0.15) is 0 Å². The van der Waals surface area contributed by atoms with Gasteiger partial charge in [-0.3, -0.25) is 9.89 Å². The lowest BCUT2D eigenvalue weighted by Gasteiger charge is -2.44. The van der Waals surface area contributed by atoms with E-state index in [0.29, 0.717) is 11.0 Å². The lowest BCUT2D eigenvalue weighted by atomic mass is 9.68. The van der Waals surface area contributed by atoms with Gasteiger partial charge in [-0.05, 0) is 37.5 Å². The van der Waals surface area contributed by atoms with Crippen molar-refractivity contribution in [3.05, 3.63) is 0 Å². The van der Waals surface area contributed by atoms with E-state index in [1.165, 1.54) is 89.1 Å². The summed E-state index contributed by atoms with van der Waals surface area (Å²) >= 11 is 2.12. The fourth-order valence-electron chi connectivity index (χ4n) is 5.45. The highest BCUT2D eigenvalue weighted by atomic mass is 127. The monoisotopic (exact) mass is 478 g/mol. The molecule has 4 rings (SSSR count). The van der Waals surface area contributed by atoms with Gasteiger partial charge in [-0.1, -0.05) is 19.3 Å². The topological polar surface area (TPSA) is 30.9 Å². The molecule has 0 aromatic carbocycles. The molecule has 2 heterocycles. The van der Waals surface area contributed by atoms with Crippen molar-refractivity contribution in [3.63, 3.8) is 0 Å². The fraction of sp³-hybridized carbons (Fsp3) is 0.947. The average molecular weight is 478 g/mol. The third-order valence-corrected chi connectivity index (χ3v) is 8.10. The lowest BCUT2D eigenvalue weighted by molar-refractivity contribution is 0.106. The van der Waals surface area contributed by atoms with Gasteiger partial charge in [-0.25, -0.2) is 0 Å². The summed E-state index contributed by atoms with van der Waals surface area (Å²) < 4.78 is 0. The summed E-state index contributed by atoms with van der Waals surface area (Å²) in [6.45, 7) is 6.08. The van der Waals surface area contributed by atoms with Crippen LogP contribution in [0.3, 0.4) is 0 Å². The Labute approximate surface area is 175 Å². The second-order valence-electron chi connectivity index (χ2n) is 8.46. The Bertz CT molecular complexity index is 468. The van der Waals surface area contributed by atoms with Gasteiger partial charge in [-0.2, -0.15) is 11.8 Å². The number of nitrogens with one attached hydrogen (secondary N) is 1. The number of likely N-dealkylation sites (tertiary alicyclic amines) is 1. The number of rotatable bonds is 3. The number of hydrogen-bond donors (Lipinski definition) is 1. The van der Waals surface area contributed by atoms with Crippen LogP contribution in [0.5, 0.6) is 0 Å². The Morgan fingerprint density at radius 3 is 2.28 bits per heavy atom. The number of hydrogen-bond acceptors (Lipinski definition) is 3. The van der Waals surface area contributed by atoms with Gasteiger partial charge in [0.2, 0.25) is 0 Å². The van der Waals surface area contributed by atoms with E-state index in [1.54, 1.807) is 0 Å². The molecule has 144 valence electrons. The molecule has 1 N–H and O–H groups in total. The molecule has 0 atom stereocenters. The van der Waals surface area contributed by atoms with Crippen LogP contribution in [-0.4, -0.2) is 72.6 Å². The van der Waals surface area contributed by atoms with Crippen LogP contribution in [-0.2, 0) is 0 Å². The van der Waals surface area contributed by atoms with Crippen molar-refractivity contribution in [1.29, 1.82) is 0 Å². The van der Waals surface area contributed by atoms with Crippen molar-refractivity contribution in [2.24, 2.45) is 10.4 Å². The lowest BCUT2D eigenvalue weighted by Crippen LogP contribution is -2.58. The standard InChI is InChI=1S/C19H34N4S.HI/c1-20-17(22-10-9-18(16-22)5-4-6-18)21-15-19(7-2-3-8-19)23-11-13-24-14-12-23;/h2-16H2,1H3,(H,20,21);1H. The zero-order chi connectivity index (χ0) is 16.5. The summed E-state index contributed by atoms with van der Waals surface area (Å²) in [5, 5.41) is 3.80. The van der Waals surface area contributed by atoms with E-state index in [2.05, 4.69) is 31.9 Å². The molecule has 1 spiro atoms. The molecule has 0 unspecified atom stereocenters. The molecular weight excluding hydrogens is 443 g/mol. The van der Waals surface area contributed by atoms with Crippen LogP contribution in [0, 0.1) is 5.41 Å². The first-order valence-corrected chi connectivity index (χ1v) is 11.2. The Morgan fingerprint density at radius 2 is 1.72 bits per heavy atom. The molecule has 2 saturated heterocycles. The first-order chi connectivity index (χ1) is 11.8. The van der Waals surface area contributed by atoms with Crippen LogP contribution in [0.4, 0.5) is 0 Å². The highest BCUT2D eigenvalue weighted by Crippen LogP contribution is 2.48. The van der Waals surface area contributed by atoms with Crippen molar-refractivity contribution in [1.82, 2.24) is 15.1 Å². The average Bonchev–Trinajstić information content (AvgIpc) is 3.24. The molecule has 0 aromatic heterocycles. The van der Waals surface area contributed by atoms with E-state index in [9.17, 15) is 0 Å². The van der Waals surface area contributed by atoms with Gasteiger partial charge in [0.25, 0.3) is 0 Å². The molecule has 4 fully saturated rings.